The van der Waals surface area contributed by atoms with Crippen LogP contribution in [-0.4, -0.2) is 5.91 Å². The Morgan fingerprint density at radius 2 is 1.75 bits per heavy atom. The first-order valence-corrected chi connectivity index (χ1v) is 6.02. The van der Waals surface area contributed by atoms with Crippen LogP contribution in [-0.2, 0) is 11.2 Å². The molecule has 1 N–H and O–H groups in total. The normalized spacial score (nSPS) is 10.4. The number of nitrogens with one attached hydrogen (secondary N) is 1. The minimum absolute atomic E-state index is 0.100. The molecule has 0 aliphatic heterocycles. The lowest BCUT2D eigenvalue weighted by Crippen LogP contribution is -2.15. The third-order valence-electron chi connectivity index (χ3n) is 2.57. The van der Waals surface area contributed by atoms with E-state index in [0.29, 0.717) is 0 Å². The van der Waals surface area contributed by atoms with Gasteiger partial charge in [0.1, 0.15) is 5.82 Å². The van der Waals surface area contributed by atoms with Gasteiger partial charge in [0.05, 0.1) is 6.42 Å². The highest BCUT2D eigenvalue weighted by Gasteiger charge is 2.10. The van der Waals surface area contributed by atoms with E-state index in [0.717, 1.165) is 18.2 Å². The summed E-state index contributed by atoms with van der Waals surface area (Å²) in [6, 6.07) is 6.92. The maximum absolute atomic E-state index is 13.5. The van der Waals surface area contributed by atoms with E-state index in [2.05, 4.69) is 5.32 Å². The molecule has 2 aromatic rings. The summed E-state index contributed by atoms with van der Waals surface area (Å²) in [6.07, 6.45) is -0.234. The zero-order valence-corrected chi connectivity index (χ0v) is 10.8. The molecular formula is C14H9ClF3NO. The Hall–Kier alpha value is -2.01. The lowest BCUT2D eigenvalue weighted by atomic mass is 10.1. The zero-order valence-electron chi connectivity index (χ0n) is 10.1. The van der Waals surface area contributed by atoms with Gasteiger partial charge in [0.15, 0.2) is 11.6 Å². The summed E-state index contributed by atoms with van der Waals surface area (Å²) in [6.45, 7) is 0. The Morgan fingerprint density at radius 1 is 1.00 bits per heavy atom. The maximum atomic E-state index is 13.5. The van der Waals surface area contributed by atoms with Gasteiger partial charge in [-0.15, -0.1) is 0 Å². The molecule has 0 saturated heterocycles. The molecule has 1 amide bonds. The third-order valence-corrected chi connectivity index (χ3v) is 2.80. The van der Waals surface area contributed by atoms with Crippen molar-refractivity contribution < 1.29 is 18.0 Å². The summed E-state index contributed by atoms with van der Waals surface area (Å²) in [5, 5.41) is 2.58. The van der Waals surface area contributed by atoms with Crippen molar-refractivity contribution in [3.05, 3.63) is 64.4 Å². The lowest BCUT2D eigenvalue weighted by molar-refractivity contribution is -0.115. The van der Waals surface area contributed by atoms with E-state index in [4.69, 9.17) is 11.6 Å². The number of carbonyl (C=O) groups is 1. The summed E-state index contributed by atoms with van der Waals surface area (Å²) in [5.41, 5.74) is 0.262. The predicted molar refractivity (Wildman–Crippen MR) is 70.1 cm³/mol. The Labute approximate surface area is 118 Å². The van der Waals surface area contributed by atoms with E-state index in [9.17, 15) is 18.0 Å². The smallest absolute Gasteiger partial charge is 0.228 e. The largest absolute Gasteiger partial charge is 0.326 e. The molecule has 0 spiro atoms. The molecule has 2 aromatic carbocycles. The molecule has 0 bridgehead atoms. The second-order valence-corrected chi connectivity index (χ2v) is 4.53. The minimum Gasteiger partial charge on any atom is -0.326 e. The van der Waals surface area contributed by atoms with Gasteiger partial charge in [-0.1, -0.05) is 17.7 Å². The van der Waals surface area contributed by atoms with E-state index in [1.54, 1.807) is 0 Å². The fraction of sp³-hybridized carbons (Fsp3) is 0.0714. The lowest BCUT2D eigenvalue weighted by Gasteiger charge is -2.06. The van der Waals surface area contributed by atoms with E-state index in [1.807, 2.05) is 0 Å². The molecule has 0 radical (unpaired) electrons. The van der Waals surface area contributed by atoms with Crippen LogP contribution in [0.5, 0.6) is 0 Å². The van der Waals surface area contributed by atoms with Gasteiger partial charge in [-0.2, -0.15) is 0 Å². The highest BCUT2D eigenvalue weighted by Crippen LogP contribution is 2.17. The predicted octanol–water partition coefficient (Wildman–Crippen LogP) is 3.94. The molecule has 6 heteroatoms. The maximum Gasteiger partial charge on any atom is 0.228 e. The van der Waals surface area contributed by atoms with Gasteiger partial charge >= 0.3 is 0 Å². The monoisotopic (exact) mass is 299 g/mol. The molecule has 104 valence electrons. The van der Waals surface area contributed by atoms with Crippen molar-refractivity contribution in [2.24, 2.45) is 0 Å². The van der Waals surface area contributed by atoms with Crippen molar-refractivity contribution in [2.45, 2.75) is 6.42 Å². The van der Waals surface area contributed by atoms with E-state index in [-0.39, 0.29) is 22.7 Å². The average molecular weight is 300 g/mol. The van der Waals surface area contributed by atoms with E-state index >= 15 is 0 Å². The van der Waals surface area contributed by atoms with Gasteiger partial charge in [-0.3, -0.25) is 4.79 Å². The first-order chi connectivity index (χ1) is 9.45. The number of anilines is 1. The zero-order chi connectivity index (χ0) is 14.7. The molecule has 0 heterocycles. The number of hydrogen-bond donors (Lipinski definition) is 1. The highest BCUT2D eigenvalue weighted by molar-refractivity contribution is 6.30. The van der Waals surface area contributed by atoms with Crippen molar-refractivity contribution in [1.82, 2.24) is 0 Å². The fourth-order valence-corrected chi connectivity index (χ4v) is 1.78. The summed E-state index contributed by atoms with van der Waals surface area (Å²) in [7, 11) is 0. The molecule has 0 aliphatic carbocycles. The van der Waals surface area contributed by atoms with Gasteiger partial charge < -0.3 is 5.32 Å². The summed E-state index contributed by atoms with van der Waals surface area (Å²) >= 11 is 5.60. The van der Waals surface area contributed by atoms with Gasteiger partial charge in [0, 0.05) is 16.8 Å². The van der Waals surface area contributed by atoms with E-state index in [1.165, 1.54) is 18.2 Å². The van der Waals surface area contributed by atoms with Crippen LogP contribution >= 0.6 is 11.6 Å². The molecule has 2 nitrogen and oxygen atoms in total. The summed E-state index contributed by atoms with van der Waals surface area (Å²) in [5.74, 6) is -3.22. The van der Waals surface area contributed by atoms with Crippen LogP contribution < -0.4 is 5.32 Å². The molecule has 0 unspecified atom stereocenters. The fourth-order valence-electron chi connectivity index (χ4n) is 1.62. The molecule has 0 saturated carbocycles. The molecular weight excluding hydrogens is 291 g/mol. The topological polar surface area (TPSA) is 29.1 Å². The van der Waals surface area contributed by atoms with E-state index < -0.39 is 23.4 Å². The number of halogens is 4. The second kappa shape index (κ2) is 5.96. The number of carbonyl (C=O) groups excluding carboxylic acids is 1. The van der Waals surface area contributed by atoms with Crippen molar-refractivity contribution >= 4 is 23.2 Å². The van der Waals surface area contributed by atoms with Crippen molar-refractivity contribution in [2.75, 3.05) is 5.32 Å². The average Bonchev–Trinajstić information content (AvgIpc) is 2.37. The Balaban J connectivity index is 2.07. The first kappa shape index (κ1) is 14.4. The number of rotatable bonds is 3. The van der Waals surface area contributed by atoms with Crippen molar-refractivity contribution in [3.63, 3.8) is 0 Å². The van der Waals surface area contributed by atoms with Crippen LogP contribution in [0.15, 0.2) is 36.4 Å². The standard InChI is InChI=1S/C14H9ClF3NO/c15-9-2-1-8(12(17)6-9)5-14(20)19-10-3-4-11(16)13(18)7-10/h1-4,6-7H,5H2,(H,19,20). The Kier molecular flexibility index (Phi) is 4.29. The molecule has 20 heavy (non-hydrogen) atoms. The Morgan fingerprint density at radius 3 is 2.40 bits per heavy atom. The van der Waals surface area contributed by atoms with Gasteiger partial charge in [-0.25, -0.2) is 13.2 Å². The summed E-state index contributed by atoms with van der Waals surface area (Å²) < 4.78 is 39.2. The third kappa shape index (κ3) is 3.51. The van der Waals surface area contributed by atoms with Gasteiger partial charge in [0.25, 0.3) is 0 Å². The van der Waals surface area contributed by atoms with Crippen LogP contribution in [0.4, 0.5) is 18.9 Å². The highest BCUT2D eigenvalue weighted by atomic mass is 35.5. The quantitative estimate of drug-likeness (QED) is 0.914. The molecule has 2 rings (SSSR count). The first-order valence-electron chi connectivity index (χ1n) is 5.64. The van der Waals surface area contributed by atoms with Crippen LogP contribution in [0.1, 0.15) is 5.56 Å². The number of amides is 1. The molecule has 0 atom stereocenters. The van der Waals surface area contributed by atoms with Gasteiger partial charge in [0.2, 0.25) is 5.91 Å². The van der Waals surface area contributed by atoms with Crippen LogP contribution in [0, 0.1) is 17.5 Å². The van der Waals surface area contributed by atoms with Crippen LogP contribution in [0.25, 0.3) is 0 Å². The van der Waals surface area contributed by atoms with Crippen molar-refractivity contribution in [1.29, 1.82) is 0 Å². The SMILES string of the molecule is O=C(Cc1ccc(Cl)cc1F)Nc1ccc(F)c(F)c1. The van der Waals surface area contributed by atoms with Crippen molar-refractivity contribution in [3.8, 4) is 0 Å². The Bertz CT molecular complexity index is 661. The molecule has 0 fully saturated rings. The minimum atomic E-state index is -1.07. The van der Waals surface area contributed by atoms with Crippen LogP contribution in [0.2, 0.25) is 5.02 Å². The van der Waals surface area contributed by atoms with Gasteiger partial charge in [-0.05, 0) is 29.8 Å². The molecule has 0 aromatic heterocycles. The summed E-state index contributed by atoms with van der Waals surface area (Å²) in [4.78, 5) is 11.7. The molecule has 0 aliphatic rings. The number of benzene rings is 2. The van der Waals surface area contributed by atoms with Crippen LogP contribution in [0.3, 0.4) is 0 Å². The number of hydrogen-bond acceptors (Lipinski definition) is 1. The second-order valence-electron chi connectivity index (χ2n) is 4.09.